The minimum atomic E-state index is 0.371. The quantitative estimate of drug-likeness (QED) is 0.629. The molecule has 2 heteroatoms. The molecule has 0 unspecified atom stereocenters. The second kappa shape index (κ2) is 2.95. The second-order valence-corrected chi connectivity index (χ2v) is 4.34. The Morgan fingerprint density at radius 3 is 2.55 bits per heavy atom. The number of hydrogen-bond acceptors (Lipinski definition) is 1. The Morgan fingerprint density at radius 1 is 1.36 bits per heavy atom. The van der Waals surface area contributed by atoms with E-state index in [0.717, 1.165) is 11.8 Å². The Hall–Kier alpha value is 0.250. The average Bonchev–Trinajstić information content (AvgIpc) is 2.80. The lowest BCUT2D eigenvalue weighted by molar-refractivity contribution is 0.515. The summed E-state index contributed by atoms with van der Waals surface area (Å²) in [6.07, 6.45) is 6.89. The minimum absolute atomic E-state index is 0.371. The number of halogens is 1. The molecular weight excluding hydrogens is 158 g/mol. The predicted octanol–water partition coefficient (Wildman–Crippen LogP) is 2.15. The van der Waals surface area contributed by atoms with Crippen molar-refractivity contribution in [1.29, 1.82) is 0 Å². The molecule has 0 saturated heterocycles. The SMILES string of the molecule is ClCC1(NCCC2CC2)CC1. The van der Waals surface area contributed by atoms with Gasteiger partial charge in [-0.3, -0.25) is 0 Å². The molecule has 0 bridgehead atoms. The zero-order valence-corrected chi connectivity index (χ0v) is 7.66. The van der Waals surface area contributed by atoms with E-state index in [-0.39, 0.29) is 0 Å². The van der Waals surface area contributed by atoms with Crippen molar-refractivity contribution in [1.82, 2.24) is 5.32 Å². The van der Waals surface area contributed by atoms with Gasteiger partial charge in [0.2, 0.25) is 0 Å². The van der Waals surface area contributed by atoms with Crippen LogP contribution in [0.1, 0.15) is 32.1 Å². The van der Waals surface area contributed by atoms with Crippen LogP contribution in [0.15, 0.2) is 0 Å². The highest BCUT2D eigenvalue weighted by Crippen LogP contribution is 2.37. The van der Waals surface area contributed by atoms with Crippen molar-refractivity contribution in [2.75, 3.05) is 12.4 Å². The van der Waals surface area contributed by atoms with Crippen LogP contribution in [0.3, 0.4) is 0 Å². The van der Waals surface area contributed by atoms with Gasteiger partial charge in [-0.1, -0.05) is 12.8 Å². The van der Waals surface area contributed by atoms with Crippen molar-refractivity contribution in [3.05, 3.63) is 0 Å². The lowest BCUT2D eigenvalue weighted by atomic mass is 10.2. The van der Waals surface area contributed by atoms with Crippen LogP contribution in [-0.2, 0) is 0 Å². The third-order valence-electron chi connectivity index (χ3n) is 2.86. The summed E-state index contributed by atoms with van der Waals surface area (Å²) in [5, 5.41) is 3.56. The van der Waals surface area contributed by atoms with Gasteiger partial charge in [0.25, 0.3) is 0 Å². The smallest absolute Gasteiger partial charge is 0.0406 e. The van der Waals surface area contributed by atoms with Gasteiger partial charge < -0.3 is 5.32 Å². The molecule has 0 aliphatic heterocycles. The van der Waals surface area contributed by atoms with E-state index < -0.39 is 0 Å². The molecule has 2 aliphatic rings. The van der Waals surface area contributed by atoms with E-state index in [0.29, 0.717) is 5.54 Å². The Balaban J connectivity index is 1.58. The van der Waals surface area contributed by atoms with Crippen LogP contribution in [-0.4, -0.2) is 18.0 Å². The zero-order valence-electron chi connectivity index (χ0n) is 6.91. The zero-order chi connectivity index (χ0) is 7.73. The molecule has 1 nitrogen and oxygen atoms in total. The van der Waals surface area contributed by atoms with Crippen LogP contribution in [0, 0.1) is 5.92 Å². The standard InChI is InChI=1S/C9H16ClN/c10-7-9(4-5-9)11-6-3-8-1-2-8/h8,11H,1-7H2. The van der Waals surface area contributed by atoms with E-state index >= 15 is 0 Å². The fraction of sp³-hybridized carbons (Fsp3) is 1.00. The largest absolute Gasteiger partial charge is 0.310 e. The molecule has 2 rings (SSSR count). The average molecular weight is 174 g/mol. The van der Waals surface area contributed by atoms with Gasteiger partial charge in [0.15, 0.2) is 0 Å². The van der Waals surface area contributed by atoms with E-state index in [4.69, 9.17) is 11.6 Å². The second-order valence-electron chi connectivity index (χ2n) is 4.07. The lowest BCUT2D eigenvalue weighted by Gasteiger charge is -2.12. The highest BCUT2D eigenvalue weighted by atomic mass is 35.5. The monoisotopic (exact) mass is 173 g/mol. The molecule has 64 valence electrons. The van der Waals surface area contributed by atoms with E-state index in [1.54, 1.807) is 0 Å². The maximum absolute atomic E-state index is 5.82. The maximum Gasteiger partial charge on any atom is 0.0406 e. The summed E-state index contributed by atoms with van der Waals surface area (Å²) in [6.45, 7) is 1.19. The molecule has 0 aromatic heterocycles. The van der Waals surface area contributed by atoms with Crippen molar-refractivity contribution in [2.24, 2.45) is 5.92 Å². The molecule has 0 aromatic rings. The summed E-state index contributed by atoms with van der Waals surface area (Å²) in [6, 6.07) is 0. The topological polar surface area (TPSA) is 12.0 Å². The highest BCUT2D eigenvalue weighted by Gasteiger charge is 2.41. The van der Waals surface area contributed by atoms with Crippen LogP contribution >= 0.6 is 11.6 Å². The van der Waals surface area contributed by atoms with E-state index in [9.17, 15) is 0 Å². The maximum atomic E-state index is 5.82. The van der Waals surface area contributed by atoms with E-state index in [1.807, 2.05) is 0 Å². The van der Waals surface area contributed by atoms with Crippen molar-refractivity contribution < 1.29 is 0 Å². The van der Waals surface area contributed by atoms with Gasteiger partial charge in [-0.2, -0.15) is 0 Å². The number of nitrogens with one attached hydrogen (secondary N) is 1. The molecule has 0 amide bonds. The van der Waals surface area contributed by atoms with Crippen molar-refractivity contribution in [2.45, 2.75) is 37.6 Å². The van der Waals surface area contributed by atoms with Crippen molar-refractivity contribution in [3.63, 3.8) is 0 Å². The summed E-state index contributed by atoms with van der Waals surface area (Å²) in [5.41, 5.74) is 0.371. The fourth-order valence-electron chi connectivity index (χ4n) is 1.46. The van der Waals surface area contributed by atoms with Crippen molar-refractivity contribution >= 4 is 11.6 Å². The van der Waals surface area contributed by atoms with E-state index in [1.165, 1.54) is 38.6 Å². The summed E-state index contributed by atoms with van der Waals surface area (Å²) < 4.78 is 0. The van der Waals surface area contributed by atoms with Gasteiger partial charge in [0, 0.05) is 11.4 Å². The van der Waals surface area contributed by atoms with Gasteiger partial charge in [0.05, 0.1) is 0 Å². The first-order valence-corrected chi connectivity index (χ1v) is 5.19. The van der Waals surface area contributed by atoms with Crippen LogP contribution in [0.4, 0.5) is 0 Å². The normalized spacial score (nSPS) is 27.0. The third kappa shape index (κ3) is 2.09. The Bertz CT molecular complexity index is 138. The number of alkyl halides is 1. The first kappa shape index (κ1) is 7.88. The third-order valence-corrected chi connectivity index (χ3v) is 3.37. The first-order valence-electron chi connectivity index (χ1n) is 4.66. The molecule has 0 atom stereocenters. The molecule has 2 aliphatic carbocycles. The van der Waals surface area contributed by atoms with Crippen LogP contribution in [0.25, 0.3) is 0 Å². The summed E-state index contributed by atoms with van der Waals surface area (Å²) >= 11 is 5.82. The predicted molar refractivity (Wildman–Crippen MR) is 48.0 cm³/mol. The first-order chi connectivity index (χ1) is 5.35. The van der Waals surface area contributed by atoms with Gasteiger partial charge in [0.1, 0.15) is 0 Å². The summed E-state index contributed by atoms with van der Waals surface area (Å²) in [4.78, 5) is 0. The summed E-state index contributed by atoms with van der Waals surface area (Å²) in [5.74, 6) is 1.85. The Morgan fingerprint density at radius 2 is 2.09 bits per heavy atom. The van der Waals surface area contributed by atoms with Gasteiger partial charge in [-0.25, -0.2) is 0 Å². The van der Waals surface area contributed by atoms with Crippen LogP contribution in [0.5, 0.6) is 0 Å². The number of rotatable bonds is 5. The molecule has 2 saturated carbocycles. The molecular formula is C9H16ClN. The number of hydrogen-bond donors (Lipinski definition) is 1. The molecule has 0 radical (unpaired) electrons. The fourth-order valence-corrected chi connectivity index (χ4v) is 1.82. The Kier molecular flexibility index (Phi) is 2.11. The molecule has 11 heavy (non-hydrogen) atoms. The van der Waals surface area contributed by atoms with Crippen LogP contribution in [0.2, 0.25) is 0 Å². The van der Waals surface area contributed by atoms with Gasteiger partial charge >= 0.3 is 0 Å². The van der Waals surface area contributed by atoms with Crippen molar-refractivity contribution in [3.8, 4) is 0 Å². The lowest BCUT2D eigenvalue weighted by Crippen LogP contribution is -2.33. The molecule has 0 heterocycles. The molecule has 0 aromatic carbocycles. The minimum Gasteiger partial charge on any atom is -0.310 e. The molecule has 1 N–H and O–H groups in total. The summed E-state index contributed by atoms with van der Waals surface area (Å²) in [7, 11) is 0. The Labute approximate surface area is 73.5 Å². The van der Waals surface area contributed by atoms with E-state index in [2.05, 4.69) is 5.32 Å². The highest BCUT2D eigenvalue weighted by molar-refractivity contribution is 6.18. The van der Waals surface area contributed by atoms with Crippen LogP contribution < -0.4 is 5.32 Å². The van der Waals surface area contributed by atoms with Gasteiger partial charge in [-0.15, -0.1) is 11.6 Å². The molecule has 2 fully saturated rings. The van der Waals surface area contributed by atoms with Gasteiger partial charge in [-0.05, 0) is 31.7 Å². The molecule has 0 spiro atoms.